The van der Waals surface area contributed by atoms with Crippen LogP contribution in [0.1, 0.15) is 0 Å². The van der Waals surface area contributed by atoms with Crippen molar-refractivity contribution in [1.82, 2.24) is 8.80 Å². The lowest BCUT2D eigenvalue weighted by atomic mass is 10.0. The van der Waals surface area contributed by atoms with E-state index in [1.165, 1.54) is 0 Å². The smallest absolute Gasteiger partial charge is 0.263 e. The molecule has 4 nitrogen and oxygen atoms in total. The topological polar surface area (TPSA) is 43.0 Å². The van der Waals surface area contributed by atoms with Crippen molar-refractivity contribution in [2.75, 3.05) is 0 Å². The van der Waals surface area contributed by atoms with Gasteiger partial charge in [0.15, 0.2) is 0 Å². The minimum atomic E-state index is -0.985. The lowest BCUT2D eigenvalue weighted by Gasteiger charge is -2.25. The third-order valence-electron chi connectivity index (χ3n) is 7.96. The Bertz CT molecular complexity index is 2520. The summed E-state index contributed by atoms with van der Waals surface area (Å²) >= 11 is 0. The molecule has 0 N–H and O–H groups in total. The van der Waals surface area contributed by atoms with Crippen LogP contribution in [0.2, 0.25) is 0 Å². The number of pyridine rings is 2. The zero-order chi connectivity index (χ0) is 24.4. The van der Waals surface area contributed by atoms with Crippen molar-refractivity contribution < 1.29 is 0 Å². The summed E-state index contributed by atoms with van der Waals surface area (Å²) in [5.41, 5.74) is 3.69. The molecule has 0 saturated carbocycles. The molecule has 0 amide bonds. The maximum absolute atomic E-state index is 14.1. The molecule has 1 unspecified atom stereocenters. The molecule has 7 aromatic rings. The average Bonchev–Trinajstić information content (AvgIpc) is 2.95. The van der Waals surface area contributed by atoms with Crippen molar-refractivity contribution in [1.29, 1.82) is 0 Å². The van der Waals surface area contributed by atoms with Crippen LogP contribution >= 0.6 is 7.53 Å². The first kappa shape index (κ1) is 19.5. The van der Waals surface area contributed by atoms with Crippen molar-refractivity contribution in [3.05, 3.63) is 124 Å². The van der Waals surface area contributed by atoms with E-state index in [1.807, 2.05) is 63.4 Å². The predicted octanol–water partition coefficient (Wildman–Crippen LogP) is 7.53. The van der Waals surface area contributed by atoms with Gasteiger partial charge in [0, 0.05) is 37.1 Å². The molecule has 0 spiro atoms. The lowest BCUT2D eigenvalue weighted by molar-refractivity contribution is 1.17. The monoisotopic (exact) mass is 492 g/mol. The van der Waals surface area contributed by atoms with Gasteiger partial charge in [-0.1, -0.05) is 74.3 Å². The molecule has 172 valence electrons. The molecular formula is C32H17N2O2P. The highest BCUT2D eigenvalue weighted by Crippen LogP contribution is 2.58. The van der Waals surface area contributed by atoms with E-state index in [1.54, 1.807) is 0 Å². The summed E-state index contributed by atoms with van der Waals surface area (Å²) in [6.45, 7) is 0. The van der Waals surface area contributed by atoms with Gasteiger partial charge in [-0.3, -0.25) is 18.4 Å². The van der Waals surface area contributed by atoms with Gasteiger partial charge >= 0.3 is 0 Å². The molecule has 4 heterocycles. The number of para-hydroxylation sites is 2. The molecule has 0 saturated heterocycles. The molecule has 5 aromatic carbocycles. The molecule has 1 atom stereocenters. The highest BCUT2D eigenvalue weighted by molar-refractivity contribution is 7.68. The lowest BCUT2D eigenvalue weighted by Crippen LogP contribution is -2.19. The number of nitrogens with zero attached hydrogens (tertiary/aromatic N) is 2. The molecule has 2 aliphatic rings. The van der Waals surface area contributed by atoms with E-state index >= 15 is 0 Å². The van der Waals surface area contributed by atoms with Crippen LogP contribution in [0.3, 0.4) is 0 Å². The molecule has 0 bridgehead atoms. The van der Waals surface area contributed by atoms with E-state index in [0.29, 0.717) is 10.8 Å². The van der Waals surface area contributed by atoms with E-state index in [9.17, 15) is 9.59 Å². The standard InChI is InChI=1S/C32H17N2O2P/c35-31-23-11-4-2-9-19(23)21-16-17-25-30-29(21)33(31)24-13-5-6-14-26(24)37(30)27-15-7-12-20-18-8-1-3-10-22(18)32(36)34(25)28(20)27/h1-17H. The molecule has 2 aromatic heterocycles. The van der Waals surface area contributed by atoms with Gasteiger partial charge in [-0.2, -0.15) is 0 Å². The third kappa shape index (κ3) is 2.18. The Balaban J connectivity index is 1.76. The first-order valence-electron chi connectivity index (χ1n) is 12.3. The summed E-state index contributed by atoms with van der Waals surface area (Å²) in [6.07, 6.45) is 0. The number of aromatic nitrogens is 2. The molecule has 37 heavy (non-hydrogen) atoms. The summed E-state index contributed by atoms with van der Waals surface area (Å²) in [6, 6.07) is 34.6. The molecular weight excluding hydrogens is 475 g/mol. The summed E-state index contributed by atoms with van der Waals surface area (Å²) in [4.78, 5) is 28.1. The number of rotatable bonds is 0. The minimum absolute atomic E-state index is 0.0191. The fourth-order valence-electron chi connectivity index (χ4n) is 6.50. The van der Waals surface area contributed by atoms with E-state index in [2.05, 4.69) is 48.5 Å². The second kappa shape index (κ2) is 6.56. The summed E-state index contributed by atoms with van der Waals surface area (Å²) in [5, 5.41) is 8.87. The zero-order valence-electron chi connectivity index (χ0n) is 19.5. The van der Waals surface area contributed by atoms with Crippen LogP contribution in [0.4, 0.5) is 0 Å². The van der Waals surface area contributed by atoms with Crippen LogP contribution in [0.15, 0.2) is 113 Å². The van der Waals surface area contributed by atoms with Crippen LogP contribution in [-0.2, 0) is 0 Å². The third-order valence-corrected chi connectivity index (χ3v) is 10.6. The fourth-order valence-corrected chi connectivity index (χ4v) is 9.39. The number of hydrogen-bond acceptors (Lipinski definition) is 2. The van der Waals surface area contributed by atoms with Crippen LogP contribution in [-0.4, -0.2) is 8.80 Å². The van der Waals surface area contributed by atoms with Crippen LogP contribution in [0.25, 0.3) is 69.9 Å². The second-order valence-corrected chi connectivity index (χ2v) is 11.8. The van der Waals surface area contributed by atoms with E-state index in [-0.39, 0.29) is 11.1 Å². The largest absolute Gasteiger partial charge is 0.274 e. The van der Waals surface area contributed by atoms with Gasteiger partial charge < -0.3 is 0 Å². The van der Waals surface area contributed by atoms with E-state index in [0.717, 1.165) is 59.2 Å². The predicted molar refractivity (Wildman–Crippen MR) is 155 cm³/mol. The van der Waals surface area contributed by atoms with Gasteiger partial charge in [0.1, 0.15) is 0 Å². The van der Waals surface area contributed by atoms with Crippen molar-refractivity contribution in [2.45, 2.75) is 0 Å². The van der Waals surface area contributed by atoms with Crippen LogP contribution in [0, 0.1) is 0 Å². The van der Waals surface area contributed by atoms with E-state index in [4.69, 9.17) is 0 Å². The zero-order valence-corrected chi connectivity index (χ0v) is 20.4. The number of benzene rings is 5. The van der Waals surface area contributed by atoms with Crippen molar-refractivity contribution in [2.24, 2.45) is 0 Å². The SMILES string of the molecule is O=c1c2ccccc2c2ccc3c4c2n1c1ccccc1p-4c1cccc2c4ccccc4c(=O)n3c21. The average molecular weight is 492 g/mol. The van der Waals surface area contributed by atoms with Gasteiger partial charge in [-0.25, -0.2) is 0 Å². The Hall–Kier alpha value is -4.66. The van der Waals surface area contributed by atoms with Crippen molar-refractivity contribution in [3.8, 4) is 5.30 Å². The number of fused-ring (bicyclic) bond motifs is 9. The first-order valence-corrected chi connectivity index (χ1v) is 13.6. The Morgan fingerprint density at radius 1 is 0.432 bits per heavy atom. The highest BCUT2D eigenvalue weighted by atomic mass is 31.1. The molecule has 0 aliphatic carbocycles. The summed E-state index contributed by atoms with van der Waals surface area (Å²) in [7, 11) is -0.985. The maximum Gasteiger partial charge on any atom is 0.263 e. The minimum Gasteiger partial charge on any atom is -0.274 e. The Morgan fingerprint density at radius 3 is 1.70 bits per heavy atom. The second-order valence-electron chi connectivity index (χ2n) is 9.70. The Kier molecular flexibility index (Phi) is 3.46. The van der Waals surface area contributed by atoms with Crippen LogP contribution < -0.4 is 11.1 Å². The van der Waals surface area contributed by atoms with Gasteiger partial charge in [-0.15, -0.1) is 0 Å². The maximum atomic E-state index is 14.1. The summed E-state index contributed by atoms with van der Waals surface area (Å²) in [5.74, 6) is 0. The van der Waals surface area contributed by atoms with Crippen LogP contribution in [0.5, 0.6) is 0 Å². The highest BCUT2D eigenvalue weighted by Gasteiger charge is 2.26. The normalized spacial score (nSPS) is 13.0. The van der Waals surface area contributed by atoms with Crippen molar-refractivity contribution >= 4 is 72.2 Å². The van der Waals surface area contributed by atoms with Crippen molar-refractivity contribution in [3.63, 3.8) is 0 Å². The van der Waals surface area contributed by atoms with Gasteiger partial charge in [-0.05, 0) is 47.2 Å². The van der Waals surface area contributed by atoms with Gasteiger partial charge in [0.2, 0.25) is 0 Å². The summed E-state index contributed by atoms with van der Waals surface area (Å²) < 4.78 is 3.79. The molecule has 5 heteroatoms. The molecule has 2 aliphatic heterocycles. The van der Waals surface area contributed by atoms with Gasteiger partial charge in [0.25, 0.3) is 11.1 Å². The number of hydrogen-bond donors (Lipinski definition) is 0. The Morgan fingerprint density at radius 2 is 0.973 bits per heavy atom. The molecule has 0 radical (unpaired) electrons. The van der Waals surface area contributed by atoms with Gasteiger partial charge in [0.05, 0.1) is 22.1 Å². The molecule has 9 rings (SSSR count). The fraction of sp³-hybridized carbons (Fsp3) is 0. The quantitative estimate of drug-likeness (QED) is 0.162. The first-order chi connectivity index (χ1) is 18.2. The van der Waals surface area contributed by atoms with E-state index < -0.39 is 7.53 Å². The Labute approximate surface area is 210 Å². The molecule has 0 fully saturated rings.